The molecule has 5 rings (SSSR count). The Morgan fingerprint density at radius 2 is 1.67 bits per heavy atom. The first-order valence-electron chi connectivity index (χ1n) is 13.0. The SMILES string of the molecule is CC1CCC1.CCCC1(CCC)CCN(c2ccc(-c3ccc4c(c3)ncn4C)nn2)CC1. The van der Waals surface area contributed by atoms with E-state index >= 15 is 0 Å². The molecule has 3 heterocycles. The normalized spacial score (nSPS) is 18.0. The monoisotopic (exact) mass is 447 g/mol. The number of aromatic nitrogens is 4. The second kappa shape index (κ2) is 10.7. The summed E-state index contributed by atoms with van der Waals surface area (Å²) in [5.74, 6) is 2.07. The summed E-state index contributed by atoms with van der Waals surface area (Å²) in [6, 6.07) is 10.5. The third kappa shape index (κ3) is 5.56. The zero-order chi connectivity index (χ0) is 23.3. The lowest BCUT2D eigenvalue weighted by Crippen LogP contribution is -2.40. The van der Waals surface area contributed by atoms with Gasteiger partial charge in [-0.15, -0.1) is 10.2 Å². The number of hydrogen-bond donors (Lipinski definition) is 0. The number of anilines is 1. The Kier molecular flexibility index (Phi) is 7.67. The summed E-state index contributed by atoms with van der Waals surface area (Å²) < 4.78 is 2.03. The molecule has 0 amide bonds. The van der Waals surface area contributed by atoms with Gasteiger partial charge in [0.25, 0.3) is 0 Å². The Morgan fingerprint density at radius 3 is 2.21 bits per heavy atom. The van der Waals surface area contributed by atoms with Gasteiger partial charge in [-0.25, -0.2) is 4.98 Å². The predicted molar refractivity (Wildman–Crippen MR) is 138 cm³/mol. The predicted octanol–water partition coefficient (Wildman–Crippen LogP) is 7.02. The molecule has 0 spiro atoms. The van der Waals surface area contributed by atoms with Crippen LogP contribution >= 0.6 is 0 Å². The first-order valence-corrected chi connectivity index (χ1v) is 13.0. The number of benzene rings is 1. The van der Waals surface area contributed by atoms with Gasteiger partial charge >= 0.3 is 0 Å². The Hall–Kier alpha value is -2.43. The Balaban J connectivity index is 0.000000459. The van der Waals surface area contributed by atoms with Crippen LogP contribution in [0.2, 0.25) is 0 Å². The zero-order valence-corrected chi connectivity index (χ0v) is 21.1. The second-order valence-electron chi connectivity index (χ2n) is 10.4. The number of rotatable bonds is 6. The Bertz CT molecular complexity index is 1000. The highest BCUT2D eigenvalue weighted by molar-refractivity contribution is 5.81. The zero-order valence-electron chi connectivity index (χ0n) is 21.1. The standard InChI is InChI=1S/C23H31N5.C5H10/c1-4-10-23(11-5-2)12-14-28(15-13-23)22-9-7-19(25-26-22)18-6-8-21-20(16-18)24-17-27(21)3;1-5-3-2-4-5/h6-9,16-17H,4-5,10-15H2,1-3H3;5H,2-4H2,1H3. The molecule has 1 aliphatic heterocycles. The minimum Gasteiger partial charge on any atom is -0.355 e. The topological polar surface area (TPSA) is 46.8 Å². The van der Waals surface area contributed by atoms with Gasteiger partial charge in [0.1, 0.15) is 0 Å². The number of hydrogen-bond acceptors (Lipinski definition) is 4. The largest absolute Gasteiger partial charge is 0.355 e. The van der Waals surface area contributed by atoms with Gasteiger partial charge in [-0.05, 0) is 61.3 Å². The molecular weight excluding hydrogens is 406 g/mol. The van der Waals surface area contributed by atoms with Crippen molar-refractivity contribution >= 4 is 16.9 Å². The van der Waals surface area contributed by atoms with Crippen LogP contribution in [0.1, 0.15) is 78.6 Å². The van der Waals surface area contributed by atoms with E-state index in [1.165, 1.54) is 57.8 Å². The highest BCUT2D eigenvalue weighted by Crippen LogP contribution is 2.41. The third-order valence-electron chi connectivity index (χ3n) is 7.77. The smallest absolute Gasteiger partial charge is 0.151 e. The molecule has 3 aromatic rings. The average Bonchev–Trinajstić information content (AvgIpc) is 3.19. The summed E-state index contributed by atoms with van der Waals surface area (Å²) in [5, 5.41) is 9.07. The summed E-state index contributed by atoms with van der Waals surface area (Å²) in [7, 11) is 2.01. The summed E-state index contributed by atoms with van der Waals surface area (Å²) in [4.78, 5) is 6.85. The van der Waals surface area contributed by atoms with Gasteiger partial charge in [-0.1, -0.05) is 58.9 Å². The molecule has 0 atom stereocenters. The molecule has 1 aliphatic carbocycles. The Morgan fingerprint density at radius 1 is 0.970 bits per heavy atom. The average molecular weight is 448 g/mol. The lowest BCUT2D eigenvalue weighted by molar-refractivity contribution is 0.178. The van der Waals surface area contributed by atoms with Gasteiger partial charge < -0.3 is 9.47 Å². The minimum absolute atomic E-state index is 0.547. The van der Waals surface area contributed by atoms with E-state index in [0.717, 1.165) is 47.1 Å². The maximum absolute atomic E-state index is 4.55. The molecule has 0 radical (unpaired) electrons. The molecule has 33 heavy (non-hydrogen) atoms. The molecule has 178 valence electrons. The van der Waals surface area contributed by atoms with E-state index in [4.69, 9.17) is 0 Å². The van der Waals surface area contributed by atoms with Gasteiger partial charge in [0.15, 0.2) is 5.82 Å². The van der Waals surface area contributed by atoms with Crippen molar-refractivity contribution in [2.75, 3.05) is 18.0 Å². The second-order valence-corrected chi connectivity index (χ2v) is 10.4. The summed E-state index contributed by atoms with van der Waals surface area (Å²) in [5.41, 5.74) is 4.63. The fraction of sp³-hybridized carbons (Fsp3) is 0.607. The molecule has 0 N–H and O–H groups in total. The van der Waals surface area contributed by atoms with Gasteiger partial charge in [-0.2, -0.15) is 0 Å². The maximum atomic E-state index is 4.55. The first kappa shape index (κ1) is 23.7. The van der Waals surface area contributed by atoms with Crippen LogP contribution in [-0.2, 0) is 7.05 Å². The number of imidazole rings is 1. The molecule has 1 saturated carbocycles. The van der Waals surface area contributed by atoms with Crippen molar-refractivity contribution in [1.29, 1.82) is 0 Å². The lowest BCUT2D eigenvalue weighted by Gasteiger charge is -2.42. The third-order valence-corrected chi connectivity index (χ3v) is 7.77. The van der Waals surface area contributed by atoms with Crippen molar-refractivity contribution < 1.29 is 0 Å². The van der Waals surface area contributed by atoms with Crippen molar-refractivity contribution in [2.24, 2.45) is 18.4 Å². The van der Waals surface area contributed by atoms with E-state index < -0.39 is 0 Å². The van der Waals surface area contributed by atoms with Crippen molar-refractivity contribution in [3.05, 3.63) is 36.7 Å². The Labute approximate surface area is 199 Å². The minimum atomic E-state index is 0.547. The molecular formula is C28H41N5. The number of fused-ring (bicyclic) bond motifs is 1. The van der Waals surface area contributed by atoms with Crippen molar-refractivity contribution in [3.63, 3.8) is 0 Å². The lowest BCUT2D eigenvalue weighted by atomic mass is 9.72. The first-order chi connectivity index (χ1) is 16.0. The van der Waals surface area contributed by atoms with Gasteiger partial charge in [0, 0.05) is 25.7 Å². The number of aryl methyl sites for hydroxylation is 1. The maximum Gasteiger partial charge on any atom is 0.151 e. The van der Waals surface area contributed by atoms with E-state index in [1.54, 1.807) is 0 Å². The molecule has 1 saturated heterocycles. The summed E-state index contributed by atoms with van der Waals surface area (Å²) in [6.07, 6.45) is 14.1. The van der Waals surface area contributed by atoms with E-state index in [0.29, 0.717) is 5.41 Å². The highest BCUT2D eigenvalue weighted by atomic mass is 15.3. The number of piperidine rings is 1. The summed E-state index contributed by atoms with van der Waals surface area (Å²) in [6.45, 7) is 9.12. The molecule has 2 aliphatic rings. The molecule has 5 nitrogen and oxygen atoms in total. The molecule has 2 aromatic heterocycles. The van der Waals surface area contributed by atoms with Crippen LogP contribution in [0.3, 0.4) is 0 Å². The fourth-order valence-electron chi connectivity index (χ4n) is 5.45. The molecule has 2 fully saturated rings. The van der Waals surface area contributed by atoms with Crippen LogP contribution in [0, 0.1) is 11.3 Å². The molecule has 0 unspecified atom stereocenters. The molecule has 0 bridgehead atoms. The van der Waals surface area contributed by atoms with Crippen LogP contribution in [0.5, 0.6) is 0 Å². The number of nitrogens with zero attached hydrogens (tertiary/aromatic N) is 5. The summed E-state index contributed by atoms with van der Waals surface area (Å²) >= 11 is 0. The van der Waals surface area contributed by atoms with Crippen molar-refractivity contribution in [3.8, 4) is 11.3 Å². The van der Waals surface area contributed by atoms with Crippen LogP contribution in [0.25, 0.3) is 22.3 Å². The van der Waals surface area contributed by atoms with Crippen LogP contribution < -0.4 is 4.90 Å². The molecule has 1 aromatic carbocycles. The van der Waals surface area contributed by atoms with Crippen LogP contribution in [-0.4, -0.2) is 32.8 Å². The van der Waals surface area contributed by atoms with Gasteiger partial charge in [0.05, 0.1) is 23.1 Å². The fourth-order valence-corrected chi connectivity index (χ4v) is 5.45. The van der Waals surface area contributed by atoms with E-state index in [9.17, 15) is 0 Å². The highest BCUT2D eigenvalue weighted by Gasteiger charge is 2.33. The van der Waals surface area contributed by atoms with E-state index in [-0.39, 0.29) is 0 Å². The van der Waals surface area contributed by atoms with Crippen molar-refractivity contribution in [1.82, 2.24) is 19.7 Å². The quantitative estimate of drug-likeness (QED) is 0.407. The van der Waals surface area contributed by atoms with Crippen molar-refractivity contribution in [2.45, 2.75) is 78.6 Å². The van der Waals surface area contributed by atoms with E-state index in [2.05, 4.69) is 71.2 Å². The van der Waals surface area contributed by atoms with E-state index in [1.807, 2.05) is 17.9 Å². The molecule has 5 heteroatoms. The van der Waals surface area contributed by atoms with Crippen LogP contribution in [0.4, 0.5) is 5.82 Å². The van der Waals surface area contributed by atoms with Gasteiger partial charge in [-0.3, -0.25) is 0 Å². The van der Waals surface area contributed by atoms with Gasteiger partial charge in [0.2, 0.25) is 0 Å². The van der Waals surface area contributed by atoms with Crippen LogP contribution in [0.15, 0.2) is 36.7 Å².